The second-order valence-electron chi connectivity index (χ2n) is 6.07. The first-order chi connectivity index (χ1) is 12.3. The Bertz CT molecular complexity index is 855. The maximum Gasteiger partial charge on any atom is 0.221 e. The summed E-state index contributed by atoms with van der Waals surface area (Å²) in [4.78, 5) is 12.3. The Labute approximate surface area is 153 Å². The van der Waals surface area contributed by atoms with Crippen LogP contribution in [0.5, 0.6) is 0 Å². The van der Waals surface area contributed by atoms with Gasteiger partial charge < -0.3 is 10.1 Å². The van der Waals surface area contributed by atoms with Crippen LogP contribution in [0, 0.1) is 5.82 Å². The summed E-state index contributed by atoms with van der Waals surface area (Å²) in [5.74, 6) is -1.17. The van der Waals surface area contributed by atoms with Crippen LogP contribution in [0.2, 0.25) is 0 Å². The van der Waals surface area contributed by atoms with Crippen LogP contribution in [0.15, 0.2) is 59.5 Å². The Kier molecular flexibility index (Phi) is 6.50. The zero-order valence-corrected chi connectivity index (χ0v) is 15.6. The number of rotatable bonds is 8. The molecule has 5 nitrogen and oxygen atoms in total. The van der Waals surface area contributed by atoms with Gasteiger partial charge in [0, 0.05) is 19.1 Å². The van der Waals surface area contributed by atoms with Gasteiger partial charge in [-0.3, -0.25) is 4.79 Å². The molecule has 0 unspecified atom stereocenters. The van der Waals surface area contributed by atoms with Crippen molar-refractivity contribution in [1.29, 1.82) is 0 Å². The fourth-order valence-electron chi connectivity index (χ4n) is 2.50. The first-order valence-corrected chi connectivity index (χ1v) is 9.78. The van der Waals surface area contributed by atoms with Crippen molar-refractivity contribution in [2.75, 3.05) is 19.4 Å². The van der Waals surface area contributed by atoms with Gasteiger partial charge in [-0.2, -0.15) is 0 Å². The number of amides is 1. The quantitative estimate of drug-likeness (QED) is 0.765. The molecule has 2 aromatic rings. The molecule has 0 bridgehead atoms. The Morgan fingerprint density at radius 3 is 2.35 bits per heavy atom. The number of ether oxygens (including phenoxy) is 1. The summed E-state index contributed by atoms with van der Waals surface area (Å²) in [6, 6.07) is 14.1. The molecule has 0 aliphatic carbocycles. The predicted octanol–water partition coefficient (Wildman–Crippen LogP) is 2.67. The molecular weight excluding hydrogens is 357 g/mol. The van der Waals surface area contributed by atoms with E-state index in [1.54, 1.807) is 43.3 Å². The Hall–Kier alpha value is -2.25. The highest BCUT2D eigenvalue weighted by Gasteiger charge is 2.30. The van der Waals surface area contributed by atoms with Gasteiger partial charge in [0.1, 0.15) is 11.4 Å². The molecule has 0 heterocycles. The molecule has 0 aromatic heterocycles. The first-order valence-electron chi connectivity index (χ1n) is 8.13. The number of benzene rings is 2. The topological polar surface area (TPSA) is 72.5 Å². The Balaban J connectivity index is 1.96. The molecule has 2 rings (SSSR count). The van der Waals surface area contributed by atoms with Crippen LogP contribution in [0.1, 0.15) is 18.9 Å². The largest absolute Gasteiger partial charge is 0.372 e. The van der Waals surface area contributed by atoms with Crippen LogP contribution in [0.3, 0.4) is 0 Å². The van der Waals surface area contributed by atoms with E-state index >= 15 is 0 Å². The van der Waals surface area contributed by atoms with E-state index in [-0.39, 0.29) is 23.6 Å². The van der Waals surface area contributed by atoms with Gasteiger partial charge in [-0.05, 0) is 25.1 Å². The zero-order chi connectivity index (χ0) is 19.2. The summed E-state index contributed by atoms with van der Waals surface area (Å²) >= 11 is 0. The maximum atomic E-state index is 14.0. The number of hydrogen-bond acceptors (Lipinski definition) is 4. The number of carbonyl (C=O) groups excluding carboxylic acids is 1. The van der Waals surface area contributed by atoms with Gasteiger partial charge in [0.25, 0.3) is 0 Å². The molecule has 0 saturated heterocycles. The van der Waals surface area contributed by atoms with Crippen LogP contribution >= 0.6 is 0 Å². The molecule has 1 amide bonds. The SMILES string of the molecule is CO[C@](C)(CNC(=O)CCS(=O)(=O)c1ccccc1)c1ccccc1F. The number of methoxy groups -OCH3 is 1. The third-order valence-corrected chi connectivity index (χ3v) is 5.95. The third-order valence-electron chi connectivity index (χ3n) is 4.22. The summed E-state index contributed by atoms with van der Waals surface area (Å²) in [6.45, 7) is 1.68. The van der Waals surface area contributed by atoms with E-state index in [4.69, 9.17) is 4.74 Å². The van der Waals surface area contributed by atoms with Crippen molar-refractivity contribution in [2.24, 2.45) is 0 Å². The van der Waals surface area contributed by atoms with Crippen molar-refractivity contribution < 1.29 is 22.3 Å². The Morgan fingerprint density at radius 1 is 1.12 bits per heavy atom. The van der Waals surface area contributed by atoms with E-state index in [2.05, 4.69) is 5.32 Å². The summed E-state index contributed by atoms with van der Waals surface area (Å²) in [6.07, 6.45) is -0.186. The average molecular weight is 379 g/mol. The molecular formula is C19H22FNO4S. The van der Waals surface area contributed by atoms with Gasteiger partial charge in [0.2, 0.25) is 5.91 Å². The molecule has 0 fully saturated rings. The van der Waals surface area contributed by atoms with Gasteiger partial charge >= 0.3 is 0 Å². The summed E-state index contributed by atoms with van der Waals surface area (Å²) in [5.41, 5.74) is -0.737. The van der Waals surface area contributed by atoms with E-state index in [9.17, 15) is 17.6 Å². The van der Waals surface area contributed by atoms with Gasteiger partial charge in [0.15, 0.2) is 9.84 Å². The van der Waals surface area contributed by atoms with Crippen molar-refractivity contribution in [1.82, 2.24) is 5.32 Å². The molecule has 1 N–H and O–H groups in total. The molecule has 0 aliphatic rings. The van der Waals surface area contributed by atoms with Crippen molar-refractivity contribution in [3.63, 3.8) is 0 Å². The number of sulfone groups is 1. The number of hydrogen-bond donors (Lipinski definition) is 1. The lowest BCUT2D eigenvalue weighted by Crippen LogP contribution is -2.41. The highest BCUT2D eigenvalue weighted by molar-refractivity contribution is 7.91. The van der Waals surface area contributed by atoms with Crippen molar-refractivity contribution in [2.45, 2.75) is 23.8 Å². The van der Waals surface area contributed by atoms with Crippen LogP contribution < -0.4 is 5.32 Å². The minimum atomic E-state index is -3.53. The van der Waals surface area contributed by atoms with Gasteiger partial charge in [-0.1, -0.05) is 36.4 Å². The zero-order valence-electron chi connectivity index (χ0n) is 14.7. The molecule has 0 radical (unpaired) electrons. The molecule has 0 aliphatic heterocycles. The summed E-state index contributed by atoms with van der Waals surface area (Å²) < 4.78 is 43.8. The average Bonchev–Trinajstić information content (AvgIpc) is 2.65. The van der Waals surface area contributed by atoms with E-state index in [0.29, 0.717) is 5.56 Å². The van der Waals surface area contributed by atoms with Crippen LogP contribution in [0.4, 0.5) is 4.39 Å². The highest BCUT2D eigenvalue weighted by Crippen LogP contribution is 2.26. The first kappa shape index (κ1) is 20.1. The van der Waals surface area contributed by atoms with Crippen LogP contribution in [-0.4, -0.2) is 33.7 Å². The maximum absolute atomic E-state index is 14.0. The molecule has 0 saturated carbocycles. The van der Waals surface area contributed by atoms with Crippen molar-refractivity contribution in [3.05, 3.63) is 66.0 Å². The van der Waals surface area contributed by atoms with Crippen LogP contribution in [0.25, 0.3) is 0 Å². The standard InChI is InChI=1S/C19H22FNO4S/c1-19(25-2,16-10-6-7-11-17(16)20)14-21-18(22)12-13-26(23,24)15-8-4-3-5-9-15/h3-11H,12-14H2,1-2H3,(H,21,22)/t19-/m1/s1. The lowest BCUT2D eigenvalue weighted by atomic mass is 9.95. The molecule has 140 valence electrons. The minimum Gasteiger partial charge on any atom is -0.372 e. The lowest BCUT2D eigenvalue weighted by molar-refractivity contribution is -0.122. The van der Waals surface area contributed by atoms with E-state index in [1.165, 1.54) is 25.3 Å². The highest BCUT2D eigenvalue weighted by atomic mass is 32.2. The molecule has 1 atom stereocenters. The summed E-state index contributed by atoms with van der Waals surface area (Å²) in [5, 5.41) is 2.63. The lowest BCUT2D eigenvalue weighted by Gasteiger charge is -2.29. The number of halogens is 1. The van der Waals surface area contributed by atoms with Gasteiger partial charge in [0.05, 0.1) is 17.2 Å². The van der Waals surface area contributed by atoms with E-state index in [1.807, 2.05) is 0 Å². The third kappa shape index (κ3) is 4.89. The molecule has 2 aromatic carbocycles. The Morgan fingerprint density at radius 2 is 1.73 bits per heavy atom. The summed E-state index contributed by atoms with van der Waals surface area (Å²) in [7, 11) is -2.10. The predicted molar refractivity (Wildman–Crippen MR) is 96.9 cm³/mol. The monoisotopic (exact) mass is 379 g/mol. The van der Waals surface area contributed by atoms with E-state index in [0.717, 1.165) is 0 Å². The van der Waals surface area contributed by atoms with Gasteiger partial charge in [-0.15, -0.1) is 0 Å². The fraction of sp³-hybridized carbons (Fsp3) is 0.316. The van der Waals surface area contributed by atoms with Crippen molar-refractivity contribution in [3.8, 4) is 0 Å². The normalized spacial score (nSPS) is 13.8. The number of carbonyl (C=O) groups is 1. The minimum absolute atomic E-state index is 0.0225. The fourth-order valence-corrected chi connectivity index (χ4v) is 3.76. The van der Waals surface area contributed by atoms with Crippen LogP contribution in [-0.2, 0) is 25.0 Å². The molecule has 26 heavy (non-hydrogen) atoms. The second kappa shape index (κ2) is 8.42. The molecule has 0 spiro atoms. The van der Waals surface area contributed by atoms with Crippen molar-refractivity contribution >= 4 is 15.7 Å². The smallest absolute Gasteiger partial charge is 0.221 e. The van der Waals surface area contributed by atoms with E-state index < -0.39 is 27.2 Å². The molecule has 7 heteroatoms. The second-order valence-corrected chi connectivity index (χ2v) is 8.18. The number of nitrogens with one attached hydrogen (secondary N) is 1. The van der Waals surface area contributed by atoms with Gasteiger partial charge in [-0.25, -0.2) is 12.8 Å².